The summed E-state index contributed by atoms with van der Waals surface area (Å²) >= 11 is 1.48. The molecule has 1 aromatic carbocycles. The minimum atomic E-state index is -4.92. The fourth-order valence-electron chi connectivity index (χ4n) is 4.61. The molecular weight excluding hydrogens is 590 g/mol. The minimum absolute atomic E-state index is 0.00291. The van der Waals surface area contributed by atoms with E-state index >= 15 is 0 Å². The van der Waals surface area contributed by atoms with Crippen LogP contribution >= 0.6 is 11.8 Å². The molecule has 0 amide bonds. The summed E-state index contributed by atoms with van der Waals surface area (Å²) in [6, 6.07) is 3.26. The van der Waals surface area contributed by atoms with Crippen LogP contribution in [0.25, 0.3) is 11.2 Å². The zero-order valence-corrected chi connectivity index (χ0v) is 23.3. The summed E-state index contributed by atoms with van der Waals surface area (Å²) in [5, 5.41) is 42.5. The number of aliphatic hydroxyl groups excluding tert-OH is 3. The van der Waals surface area contributed by atoms with Crippen LogP contribution in [-0.2, 0) is 15.1 Å². The molecule has 18 heteroatoms. The Kier molecular flexibility index (Phi) is 10.1. The Morgan fingerprint density at radius 2 is 1.93 bits per heavy atom. The van der Waals surface area contributed by atoms with Crippen molar-refractivity contribution < 1.29 is 46.4 Å². The second kappa shape index (κ2) is 13.2. The molecule has 0 unspecified atom stereocenters. The summed E-state index contributed by atoms with van der Waals surface area (Å²) in [4.78, 5) is 9.27. The molecule has 6 atom stereocenters. The Balaban J connectivity index is 0.000000714. The molecule has 2 fully saturated rings. The topological polar surface area (TPSA) is 216 Å². The van der Waals surface area contributed by atoms with Crippen molar-refractivity contribution in [2.75, 3.05) is 24.3 Å². The van der Waals surface area contributed by atoms with Crippen molar-refractivity contribution in [1.82, 2.24) is 25.0 Å². The number of halogens is 2. The van der Waals surface area contributed by atoms with Gasteiger partial charge in [-0.3, -0.25) is 4.55 Å². The van der Waals surface area contributed by atoms with Gasteiger partial charge in [-0.25, -0.2) is 31.8 Å². The highest BCUT2D eigenvalue weighted by atomic mass is 32.3. The van der Waals surface area contributed by atoms with Gasteiger partial charge in [-0.2, -0.15) is 0 Å². The Morgan fingerprint density at radius 1 is 1.20 bits per heavy atom. The number of nitrogens with one attached hydrogen (secondary N) is 1. The first-order chi connectivity index (χ1) is 19.4. The second-order valence-electron chi connectivity index (χ2n) is 9.52. The number of anilines is 1. The highest BCUT2D eigenvalue weighted by molar-refractivity contribution is 7.99. The highest BCUT2D eigenvalue weighted by Gasteiger charge is 2.45. The fraction of sp³-hybridized carbons (Fsp3) is 0.565. The van der Waals surface area contributed by atoms with Gasteiger partial charge in [0.15, 0.2) is 33.8 Å². The van der Waals surface area contributed by atoms with Crippen LogP contribution in [0.3, 0.4) is 0 Å². The fourth-order valence-corrected chi connectivity index (χ4v) is 5.31. The predicted molar refractivity (Wildman–Crippen MR) is 140 cm³/mol. The van der Waals surface area contributed by atoms with Crippen molar-refractivity contribution >= 4 is 39.1 Å². The van der Waals surface area contributed by atoms with Crippen LogP contribution in [-0.4, -0.2) is 101 Å². The van der Waals surface area contributed by atoms with Crippen LogP contribution < -0.4 is 5.32 Å². The Labute approximate surface area is 237 Å². The molecule has 41 heavy (non-hydrogen) atoms. The lowest BCUT2D eigenvalue weighted by atomic mass is 10.1. The number of hydrogen-bond acceptors (Lipinski definition) is 13. The maximum absolute atomic E-state index is 13.7. The van der Waals surface area contributed by atoms with E-state index in [1.54, 1.807) is 6.07 Å². The van der Waals surface area contributed by atoms with Gasteiger partial charge in [0.05, 0.1) is 25.4 Å². The molecule has 2 aromatic heterocycles. The van der Waals surface area contributed by atoms with Crippen molar-refractivity contribution in [1.29, 1.82) is 0 Å². The van der Waals surface area contributed by atoms with Crippen LogP contribution in [0, 0.1) is 11.6 Å². The maximum atomic E-state index is 13.7. The Morgan fingerprint density at radius 3 is 2.59 bits per heavy atom. The number of hydrogen-bond donors (Lipinski definition) is 5. The molecule has 0 radical (unpaired) electrons. The van der Waals surface area contributed by atoms with Gasteiger partial charge < -0.3 is 29.9 Å². The average Bonchev–Trinajstić information content (AvgIpc) is 3.45. The molecule has 0 spiro atoms. The molecule has 2 aliphatic rings. The van der Waals surface area contributed by atoms with E-state index in [0.29, 0.717) is 27.7 Å². The van der Waals surface area contributed by atoms with E-state index in [1.165, 1.54) is 22.5 Å². The van der Waals surface area contributed by atoms with E-state index < -0.39 is 46.4 Å². The lowest BCUT2D eigenvalue weighted by Crippen LogP contribution is -2.33. The molecule has 14 nitrogen and oxygen atoms in total. The molecule has 2 heterocycles. The van der Waals surface area contributed by atoms with Gasteiger partial charge in [-0.05, 0) is 30.5 Å². The third-order valence-corrected chi connectivity index (χ3v) is 7.61. The van der Waals surface area contributed by atoms with Gasteiger partial charge in [0, 0.05) is 24.1 Å². The molecule has 2 saturated carbocycles. The average molecular weight is 620 g/mol. The van der Waals surface area contributed by atoms with Gasteiger partial charge in [0.25, 0.3) is 0 Å². The quantitative estimate of drug-likeness (QED) is 0.0927. The van der Waals surface area contributed by atoms with Crippen LogP contribution in [0.2, 0.25) is 0 Å². The standard InChI is InChI=1S/C23H28F2N6O4S.H2O4S/c1-2-7-36-23-27-21(26-15-9-12(15)11-3-4-13(24)14(25)8-11)18-22(28-23)31(30-29-18)16-10-17(35-6-5-32)20(34)19(16)33;1-5(2,3)4/h3-4,8,12,15-17,19-20,32-34H,2,5-7,9-10H2,1H3,(H,26,27,28);(H2,1,2,3,4)/p-1/t12-,15+,16+,17-,19-,20+;/m0./s1. The monoisotopic (exact) mass is 619 g/mol. The van der Waals surface area contributed by atoms with E-state index in [0.717, 1.165) is 24.7 Å². The number of aromatic nitrogens is 5. The predicted octanol–water partition coefficient (Wildman–Crippen LogP) is 1.02. The number of ether oxygens (including phenoxy) is 1. The van der Waals surface area contributed by atoms with Crippen LogP contribution in [0.15, 0.2) is 23.4 Å². The Bertz CT molecular complexity index is 1460. The zero-order chi connectivity index (χ0) is 29.9. The first-order valence-electron chi connectivity index (χ1n) is 12.6. The molecule has 226 valence electrons. The molecule has 5 rings (SSSR count). The molecular formula is C23H29F2N6O8S2-. The van der Waals surface area contributed by atoms with Gasteiger partial charge >= 0.3 is 0 Å². The van der Waals surface area contributed by atoms with E-state index in [9.17, 15) is 19.0 Å². The van der Waals surface area contributed by atoms with Gasteiger partial charge in [0.1, 0.15) is 12.2 Å². The van der Waals surface area contributed by atoms with Crippen LogP contribution in [0.4, 0.5) is 14.6 Å². The third-order valence-electron chi connectivity index (χ3n) is 6.56. The molecule has 0 saturated heterocycles. The molecule has 3 aromatic rings. The third kappa shape index (κ3) is 7.83. The smallest absolute Gasteiger partial charge is 0.215 e. The summed E-state index contributed by atoms with van der Waals surface area (Å²) < 4.78 is 66.9. The van der Waals surface area contributed by atoms with E-state index in [4.69, 9.17) is 27.4 Å². The Hall–Kier alpha value is -2.58. The van der Waals surface area contributed by atoms with E-state index in [2.05, 4.69) is 32.5 Å². The second-order valence-corrected chi connectivity index (χ2v) is 11.4. The first-order valence-corrected chi connectivity index (χ1v) is 15.0. The zero-order valence-electron chi connectivity index (χ0n) is 21.7. The number of aliphatic hydroxyl groups is 3. The number of rotatable bonds is 10. The summed E-state index contributed by atoms with van der Waals surface area (Å²) in [5.74, 6) is -0.472. The summed E-state index contributed by atoms with van der Waals surface area (Å²) in [5.41, 5.74) is 1.53. The summed E-state index contributed by atoms with van der Waals surface area (Å²) in [6.07, 6.45) is -1.04. The van der Waals surface area contributed by atoms with Gasteiger partial charge in [-0.1, -0.05) is 30.0 Å². The van der Waals surface area contributed by atoms with Crippen LogP contribution in [0.5, 0.6) is 0 Å². The first kappa shape index (κ1) is 31.4. The molecule has 2 aliphatic carbocycles. The summed E-state index contributed by atoms with van der Waals surface area (Å²) in [6.45, 7) is 1.91. The van der Waals surface area contributed by atoms with Crippen molar-refractivity contribution in [3.8, 4) is 0 Å². The van der Waals surface area contributed by atoms with Crippen molar-refractivity contribution in [2.24, 2.45) is 0 Å². The number of nitrogens with zero attached hydrogens (tertiary/aromatic N) is 5. The highest BCUT2D eigenvalue weighted by Crippen LogP contribution is 2.44. The van der Waals surface area contributed by atoms with Gasteiger partial charge in [-0.15, -0.1) is 5.10 Å². The van der Waals surface area contributed by atoms with Crippen molar-refractivity contribution in [3.63, 3.8) is 0 Å². The lowest BCUT2D eigenvalue weighted by Gasteiger charge is -2.17. The lowest BCUT2D eigenvalue weighted by molar-refractivity contribution is -0.0629. The molecule has 0 bridgehead atoms. The van der Waals surface area contributed by atoms with Crippen LogP contribution in [0.1, 0.15) is 43.7 Å². The molecule has 5 N–H and O–H groups in total. The molecule has 0 aliphatic heterocycles. The van der Waals surface area contributed by atoms with Crippen molar-refractivity contribution in [3.05, 3.63) is 35.4 Å². The largest absolute Gasteiger partial charge is 0.726 e. The van der Waals surface area contributed by atoms with E-state index in [1.807, 2.05) is 0 Å². The van der Waals surface area contributed by atoms with E-state index in [-0.39, 0.29) is 31.6 Å². The van der Waals surface area contributed by atoms with Crippen molar-refractivity contribution in [2.45, 2.75) is 67.7 Å². The SMILES string of the molecule is CCCSc1nc(N[C@@H]2C[C@H]2c2ccc(F)c(F)c2)c2nnn([C@@H]3C[C@H](OCCO)[C@@H](O)[C@H]3O)c2n1.O=S(=O)([O-])O. The number of thioether (sulfide) groups is 1. The minimum Gasteiger partial charge on any atom is -0.726 e. The summed E-state index contributed by atoms with van der Waals surface area (Å²) in [7, 11) is -4.92. The van der Waals surface area contributed by atoms with Gasteiger partial charge in [0.2, 0.25) is 10.4 Å². The number of benzene rings is 1. The normalized spacial score (nSPS) is 25.7. The maximum Gasteiger partial charge on any atom is 0.215 e. The number of fused-ring (bicyclic) bond motifs is 1.